The summed E-state index contributed by atoms with van der Waals surface area (Å²) < 4.78 is 0. The van der Waals surface area contributed by atoms with Crippen molar-refractivity contribution in [1.82, 2.24) is 0 Å². The standard InChI is InChI=1S/C14H22S/c1-12-5-8-13-6-3-2-4-7-14(13,9-12)11-15-10-13/h5H,2-4,6-11H2,1H3/t13-,14+/m0/s1. The van der Waals surface area contributed by atoms with Gasteiger partial charge in [-0.3, -0.25) is 0 Å². The zero-order valence-electron chi connectivity index (χ0n) is 9.85. The molecule has 0 aromatic heterocycles. The van der Waals surface area contributed by atoms with Crippen molar-refractivity contribution in [1.29, 1.82) is 0 Å². The molecular formula is C14H22S. The fourth-order valence-electron chi connectivity index (χ4n) is 4.21. The summed E-state index contributed by atoms with van der Waals surface area (Å²) in [7, 11) is 0. The third-order valence-corrected chi connectivity index (χ3v) is 6.66. The molecule has 2 atom stereocenters. The molecule has 15 heavy (non-hydrogen) atoms. The maximum atomic E-state index is 2.55. The van der Waals surface area contributed by atoms with Gasteiger partial charge in [-0.1, -0.05) is 30.9 Å². The van der Waals surface area contributed by atoms with Crippen molar-refractivity contribution >= 4 is 11.8 Å². The van der Waals surface area contributed by atoms with Crippen LogP contribution < -0.4 is 0 Å². The van der Waals surface area contributed by atoms with Gasteiger partial charge in [-0.25, -0.2) is 0 Å². The molecule has 84 valence electrons. The fourth-order valence-corrected chi connectivity index (χ4v) is 6.21. The Morgan fingerprint density at radius 3 is 2.67 bits per heavy atom. The molecule has 0 bridgehead atoms. The van der Waals surface area contributed by atoms with Gasteiger partial charge in [0.15, 0.2) is 0 Å². The van der Waals surface area contributed by atoms with Gasteiger partial charge < -0.3 is 0 Å². The molecule has 0 nitrogen and oxygen atoms in total. The molecule has 2 aliphatic carbocycles. The van der Waals surface area contributed by atoms with Crippen LogP contribution in [0.3, 0.4) is 0 Å². The highest BCUT2D eigenvalue weighted by Gasteiger charge is 2.55. The van der Waals surface area contributed by atoms with Crippen molar-refractivity contribution in [2.75, 3.05) is 11.5 Å². The molecule has 0 N–H and O–H groups in total. The van der Waals surface area contributed by atoms with Crippen molar-refractivity contribution in [3.05, 3.63) is 11.6 Å². The summed E-state index contributed by atoms with van der Waals surface area (Å²) in [5, 5.41) is 0. The third-order valence-electron chi connectivity index (χ3n) is 5.15. The second-order valence-corrected chi connectivity index (χ2v) is 7.03. The Labute approximate surface area is 97.9 Å². The summed E-state index contributed by atoms with van der Waals surface area (Å²) in [5.41, 5.74) is 3.11. The van der Waals surface area contributed by atoms with Crippen LogP contribution in [0, 0.1) is 10.8 Å². The van der Waals surface area contributed by atoms with Crippen molar-refractivity contribution in [2.24, 2.45) is 10.8 Å². The van der Waals surface area contributed by atoms with Crippen LogP contribution >= 0.6 is 11.8 Å². The van der Waals surface area contributed by atoms with Gasteiger partial charge in [0, 0.05) is 0 Å². The first-order valence-corrected chi connectivity index (χ1v) is 7.65. The molecule has 3 aliphatic rings. The molecule has 1 saturated carbocycles. The van der Waals surface area contributed by atoms with Gasteiger partial charge in [-0.2, -0.15) is 11.8 Å². The summed E-state index contributed by atoms with van der Waals surface area (Å²) in [6.07, 6.45) is 12.9. The van der Waals surface area contributed by atoms with Gasteiger partial charge in [0.1, 0.15) is 0 Å². The lowest BCUT2D eigenvalue weighted by Crippen LogP contribution is -2.42. The van der Waals surface area contributed by atoms with E-state index in [-0.39, 0.29) is 0 Å². The molecular weight excluding hydrogens is 200 g/mol. The number of hydrogen-bond donors (Lipinski definition) is 0. The smallest absolute Gasteiger partial charge is 0.000179 e. The fraction of sp³-hybridized carbons (Fsp3) is 0.857. The quantitative estimate of drug-likeness (QED) is 0.547. The molecule has 0 radical (unpaired) electrons. The van der Waals surface area contributed by atoms with E-state index in [4.69, 9.17) is 0 Å². The van der Waals surface area contributed by atoms with E-state index in [2.05, 4.69) is 24.8 Å². The van der Waals surface area contributed by atoms with E-state index >= 15 is 0 Å². The molecule has 0 spiro atoms. The molecule has 0 aromatic rings. The predicted molar refractivity (Wildman–Crippen MR) is 68.3 cm³/mol. The number of allylic oxidation sites excluding steroid dienone is 2. The Balaban J connectivity index is 2.00. The van der Waals surface area contributed by atoms with E-state index in [0.717, 1.165) is 0 Å². The largest absolute Gasteiger partial charge is 0.161 e. The Morgan fingerprint density at radius 2 is 1.80 bits per heavy atom. The summed E-state index contributed by atoms with van der Waals surface area (Å²) in [4.78, 5) is 0. The molecule has 1 heterocycles. The highest BCUT2D eigenvalue weighted by molar-refractivity contribution is 7.99. The van der Waals surface area contributed by atoms with Crippen LogP contribution in [0.5, 0.6) is 0 Å². The van der Waals surface area contributed by atoms with Crippen LogP contribution in [0.1, 0.15) is 51.9 Å². The Hall–Kier alpha value is 0.0900. The molecule has 1 heteroatoms. The summed E-state index contributed by atoms with van der Waals surface area (Å²) in [5.74, 6) is 2.91. The zero-order chi connectivity index (χ0) is 10.4. The average Bonchev–Trinajstić information content (AvgIpc) is 2.47. The van der Waals surface area contributed by atoms with Crippen molar-refractivity contribution in [2.45, 2.75) is 51.9 Å². The van der Waals surface area contributed by atoms with Gasteiger partial charge in [-0.05, 0) is 54.9 Å². The highest BCUT2D eigenvalue weighted by Crippen LogP contribution is 2.63. The molecule has 3 rings (SSSR count). The van der Waals surface area contributed by atoms with Crippen LogP contribution in [0.25, 0.3) is 0 Å². The number of rotatable bonds is 0. The van der Waals surface area contributed by atoms with E-state index in [1.54, 1.807) is 5.57 Å². The minimum Gasteiger partial charge on any atom is -0.161 e. The van der Waals surface area contributed by atoms with Gasteiger partial charge in [-0.15, -0.1) is 0 Å². The van der Waals surface area contributed by atoms with Crippen molar-refractivity contribution in [3.8, 4) is 0 Å². The molecule has 1 aliphatic heterocycles. The molecule has 0 aromatic carbocycles. The van der Waals surface area contributed by atoms with E-state index in [1.165, 1.54) is 56.5 Å². The Morgan fingerprint density at radius 1 is 1.07 bits per heavy atom. The first-order valence-electron chi connectivity index (χ1n) is 6.50. The second kappa shape index (κ2) is 3.55. The maximum Gasteiger partial charge on any atom is -0.000179 e. The lowest BCUT2D eigenvalue weighted by atomic mass is 9.56. The second-order valence-electron chi connectivity index (χ2n) is 6.05. The SMILES string of the molecule is CC1=CC[C@]23CCCCC[C@]2(CSC3)C1. The third kappa shape index (κ3) is 1.42. The van der Waals surface area contributed by atoms with Crippen LogP contribution in [0.15, 0.2) is 11.6 Å². The van der Waals surface area contributed by atoms with Gasteiger partial charge in [0.25, 0.3) is 0 Å². The highest BCUT2D eigenvalue weighted by atomic mass is 32.2. The van der Waals surface area contributed by atoms with Crippen LogP contribution in [0.2, 0.25) is 0 Å². The minimum absolute atomic E-state index is 0.715. The van der Waals surface area contributed by atoms with E-state index < -0.39 is 0 Å². The van der Waals surface area contributed by atoms with Gasteiger partial charge in [0.2, 0.25) is 0 Å². The van der Waals surface area contributed by atoms with E-state index in [0.29, 0.717) is 10.8 Å². The lowest BCUT2D eigenvalue weighted by molar-refractivity contribution is 0.0741. The van der Waals surface area contributed by atoms with Crippen LogP contribution in [-0.4, -0.2) is 11.5 Å². The molecule has 2 fully saturated rings. The van der Waals surface area contributed by atoms with Crippen LogP contribution in [0.4, 0.5) is 0 Å². The summed E-state index contributed by atoms with van der Waals surface area (Å²) in [6, 6.07) is 0. The van der Waals surface area contributed by atoms with Crippen LogP contribution in [-0.2, 0) is 0 Å². The Bertz CT molecular complexity index is 294. The van der Waals surface area contributed by atoms with Crippen molar-refractivity contribution in [3.63, 3.8) is 0 Å². The first kappa shape index (κ1) is 10.3. The average molecular weight is 222 g/mol. The first-order chi connectivity index (χ1) is 7.27. The Kier molecular flexibility index (Phi) is 2.43. The molecule has 1 saturated heterocycles. The molecule has 0 unspecified atom stereocenters. The van der Waals surface area contributed by atoms with Gasteiger partial charge >= 0.3 is 0 Å². The zero-order valence-corrected chi connectivity index (χ0v) is 10.7. The number of thioether (sulfide) groups is 1. The predicted octanol–water partition coefficient (Wildman–Crippen LogP) is 4.41. The van der Waals surface area contributed by atoms with Crippen molar-refractivity contribution < 1.29 is 0 Å². The summed E-state index contributed by atoms with van der Waals surface area (Å²) >= 11 is 2.24. The normalized spacial score (nSPS) is 45.3. The van der Waals surface area contributed by atoms with Gasteiger partial charge in [0.05, 0.1) is 0 Å². The van der Waals surface area contributed by atoms with E-state index in [1.807, 2.05) is 0 Å². The van der Waals surface area contributed by atoms with E-state index in [9.17, 15) is 0 Å². The molecule has 0 amide bonds. The maximum absolute atomic E-state index is 2.55. The monoisotopic (exact) mass is 222 g/mol. The summed E-state index contributed by atoms with van der Waals surface area (Å²) in [6.45, 7) is 2.35. The topological polar surface area (TPSA) is 0 Å². The minimum atomic E-state index is 0.715. The lowest BCUT2D eigenvalue weighted by Gasteiger charge is -2.47. The number of hydrogen-bond acceptors (Lipinski definition) is 1.